The maximum atomic E-state index is 12.6. The number of carbonyl (C=O) groups excluding carboxylic acids is 1. The molecule has 0 saturated carbocycles. The zero-order valence-electron chi connectivity index (χ0n) is 15.0. The zero-order valence-corrected chi connectivity index (χ0v) is 15.0. The van der Waals surface area contributed by atoms with E-state index in [1.54, 1.807) is 7.11 Å². The fourth-order valence-electron chi connectivity index (χ4n) is 3.08. The maximum absolute atomic E-state index is 12.6. The standard InChI is InChI=1S/C19H30N2O2/c1-19(2,3)18(22)21(14-15-23-4)12-7-11-20-13-10-16-8-5-6-9-17(16)20/h5-6,8-9H,7,10-15H2,1-4H3. The van der Waals surface area contributed by atoms with E-state index in [-0.39, 0.29) is 11.3 Å². The Morgan fingerprint density at radius 2 is 2.00 bits per heavy atom. The van der Waals surface area contributed by atoms with Gasteiger partial charge in [0.2, 0.25) is 5.91 Å². The molecule has 0 bridgehead atoms. The largest absolute Gasteiger partial charge is 0.383 e. The van der Waals surface area contributed by atoms with Gasteiger partial charge in [-0.15, -0.1) is 0 Å². The van der Waals surface area contributed by atoms with Crippen LogP contribution in [-0.4, -0.2) is 50.7 Å². The van der Waals surface area contributed by atoms with Crippen LogP contribution in [0.15, 0.2) is 24.3 Å². The second-order valence-electron chi connectivity index (χ2n) is 7.25. The van der Waals surface area contributed by atoms with Crippen LogP contribution in [0.5, 0.6) is 0 Å². The molecule has 0 atom stereocenters. The minimum absolute atomic E-state index is 0.205. The number of fused-ring (bicyclic) bond motifs is 1. The van der Waals surface area contributed by atoms with E-state index in [0.29, 0.717) is 13.2 Å². The molecule has 2 rings (SSSR count). The molecule has 1 amide bonds. The topological polar surface area (TPSA) is 32.8 Å². The van der Waals surface area contributed by atoms with E-state index in [1.165, 1.54) is 11.3 Å². The van der Waals surface area contributed by atoms with Gasteiger partial charge in [-0.25, -0.2) is 0 Å². The van der Waals surface area contributed by atoms with Gasteiger partial charge in [-0.3, -0.25) is 4.79 Å². The smallest absolute Gasteiger partial charge is 0.228 e. The molecular weight excluding hydrogens is 288 g/mol. The summed E-state index contributed by atoms with van der Waals surface area (Å²) in [6.45, 7) is 10.1. The van der Waals surface area contributed by atoms with Gasteiger partial charge >= 0.3 is 0 Å². The fourth-order valence-corrected chi connectivity index (χ4v) is 3.08. The van der Waals surface area contributed by atoms with Crippen molar-refractivity contribution in [1.82, 2.24) is 4.90 Å². The number of rotatable bonds is 7. The predicted molar refractivity (Wildman–Crippen MR) is 94.9 cm³/mol. The summed E-state index contributed by atoms with van der Waals surface area (Å²) < 4.78 is 5.16. The second kappa shape index (κ2) is 7.82. The Labute approximate surface area is 140 Å². The van der Waals surface area contributed by atoms with E-state index in [4.69, 9.17) is 4.74 Å². The fraction of sp³-hybridized carbons (Fsp3) is 0.632. The summed E-state index contributed by atoms with van der Waals surface area (Å²) in [4.78, 5) is 16.9. The molecular formula is C19H30N2O2. The molecule has 4 heteroatoms. The summed E-state index contributed by atoms with van der Waals surface area (Å²) in [5, 5.41) is 0. The summed E-state index contributed by atoms with van der Waals surface area (Å²) >= 11 is 0. The van der Waals surface area contributed by atoms with Crippen LogP contribution in [0, 0.1) is 5.41 Å². The van der Waals surface area contributed by atoms with Crippen molar-refractivity contribution in [3.63, 3.8) is 0 Å². The van der Waals surface area contributed by atoms with Crippen molar-refractivity contribution in [1.29, 1.82) is 0 Å². The van der Waals surface area contributed by atoms with Crippen LogP contribution in [0.2, 0.25) is 0 Å². The second-order valence-corrected chi connectivity index (χ2v) is 7.25. The lowest BCUT2D eigenvalue weighted by molar-refractivity contribution is -0.140. The third-order valence-corrected chi connectivity index (χ3v) is 4.33. The van der Waals surface area contributed by atoms with Crippen molar-refractivity contribution in [2.24, 2.45) is 5.41 Å². The molecule has 4 nitrogen and oxygen atoms in total. The van der Waals surface area contributed by atoms with Crippen LogP contribution in [0.25, 0.3) is 0 Å². The number of hydrogen-bond donors (Lipinski definition) is 0. The van der Waals surface area contributed by atoms with Crippen molar-refractivity contribution in [3.8, 4) is 0 Å². The van der Waals surface area contributed by atoms with E-state index in [1.807, 2.05) is 25.7 Å². The van der Waals surface area contributed by atoms with Crippen LogP contribution in [-0.2, 0) is 16.0 Å². The molecule has 0 aliphatic carbocycles. The first-order valence-corrected chi connectivity index (χ1v) is 8.54. The molecule has 1 heterocycles. The van der Waals surface area contributed by atoms with Crippen molar-refractivity contribution < 1.29 is 9.53 Å². The van der Waals surface area contributed by atoms with Crippen molar-refractivity contribution in [2.45, 2.75) is 33.6 Å². The van der Waals surface area contributed by atoms with Gasteiger partial charge in [-0.05, 0) is 24.5 Å². The number of ether oxygens (including phenoxy) is 1. The Kier molecular flexibility index (Phi) is 6.05. The highest BCUT2D eigenvalue weighted by Gasteiger charge is 2.27. The molecule has 0 fully saturated rings. The number of carbonyl (C=O) groups is 1. The van der Waals surface area contributed by atoms with E-state index in [9.17, 15) is 4.79 Å². The number of para-hydroxylation sites is 1. The third kappa shape index (κ3) is 4.71. The summed E-state index contributed by atoms with van der Waals surface area (Å²) in [7, 11) is 1.68. The first-order chi connectivity index (χ1) is 10.9. The Morgan fingerprint density at radius 3 is 2.70 bits per heavy atom. The average molecular weight is 318 g/mol. The van der Waals surface area contributed by atoms with Gasteiger partial charge < -0.3 is 14.5 Å². The summed E-state index contributed by atoms with van der Waals surface area (Å²) in [6, 6.07) is 8.62. The van der Waals surface area contributed by atoms with Gasteiger partial charge in [0.05, 0.1) is 6.61 Å². The van der Waals surface area contributed by atoms with Gasteiger partial charge in [-0.2, -0.15) is 0 Å². The van der Waals surface area contributed by atoms with Crippen LogP contribution < -0.4 is 4.90 Å². The lowest BCUT2D eigenvalue weighted by atomic mass is 9.94. The van der Waals surface area contributed by atoms with Gasteiger partial charge in [-0.1, -0.05) is 39.0 Å². The number of amides is 1. The summed E-state index contributed by atoms with van der Waals surface area (Å²) in [5.41, 5.74) is 2.46. The average Bonchev–Trinajstić information content (AvgIpc) is 2.92. The van der Waals surface area contributed by atoms with Crippen molar-refractivity contribution >= 4 is 11.6 Å². The Hall–Kier alpha value is -1.55. The molecule has 0 radical (unpaired) electrons. The lowest BCUT2D eigenvalue weighted by Crippen LogP contribution is -2.42. The Bertz CT molecular complexity index is 522. The Morgan fingerprint density at radius 1 is 1.26 bits per heavy atom. The number of hydrogen-bond acceptors (Lipinski definition) is 3. The van der Waals surface area contributed by atoms with Crippen LogP contribution in [0.3, 0.4) is 0 Å². The normalized spacial score (nSPS) is 14.0. The van der Waals surface area contributed by atoms with Crippen molar-refractivity contribution in [2.75, 3.05) is 44.8 Å². The monoisotopic (exact) mass is 318 g/mol. The first kappa shape index (κ1) is 17.8. The number of benzene rings is 1. The van der Waals surface area contributed by atoms with Gasteiger partial charge in [0.15, 0.2) is 0 Å². The quantitative estimate of drug-likeness (QED) is 0.775. The molecule has 128 valence electrons. The molecule has 0 saturated heterocycles. The Balaban J connectivity index is 1.88. The molecule has 0 N–H and O–H groups in total. The van der Waals surface area contributed by atoms with Gasteiger partial charge in [0, 0.05) is 44.4 Å². The van der Waals surface area contributed by atoms with E-state index < -0.39 is 0 Å². The molecule has 0 aromatic heterocycles. The minimum Gasteiger partial charge on any atom is -0.383 e. The molecule has 1 aliphatic rings. The first-order valence-electron chi connectivity index (χ1n) is 8.54. The zero-order chi connectivity index (χ0) is 16.9. The van der Waals surface area contributed by atoms with Gasteiger partial charge in [0.25, 0.3) is 0 Å². The highest BCUT2D eigenvalue weighted by molar-refractivity contribution is 5.81. The molecule has 1 aliphatic heterocycles. The van der Waals surface area contributed by atoms with E-state index in [2.05, 4.69) is 29.2 Å². The van der Waals surface area contributed by atoms with Crippen molar-refractivity contribution in [3.05, 3.63) is 29.8 Å². The highest BCUT2D eigenvalue weighted by atomic mass is 16.5. The molecule has 1 aromatic rings. The van der Waals surface area contributed by atoms with Crippen LogP contribution >= 0.6 is 0 Å². The van der Waals surface area contributed by atoms with E-state index in [0.717, 1.165) is 32.5 Å². The highest BCUT2D eigenvalue weighted by Crippen LogP contribution is 2.27. The van der Waals surface area contributed by atoms with Gasteiger partial charge in [0.1, 0.15) is 0 Å². The minimum atomic E-state index is -0.339. The molecule has 0 spiro atoms. The van der Waals surface area contributed by atoms with Crippen LogP contribution in [0.4, 0.5) is 5.69 Å². The number of nitrogens with zero attached hydrogens (tertiary/aromatic N) is 2. The third-order valence-electron chi connectivity index (χ3n) is 4.33. The van der Waals surface area contributed by atoms with E-state index >= 15 is 0 Å². The molecule has 0 unspecified atom stereocenters. The SMILES string of the molecule is COCCN(CCCN1CCc2ccccc21)C(=O)C(C)(C)C. The predicted octanol–water partition coefficient (Wildman–Crippen LogP) is 2.96. The summed E-state index contributed by atoms with van der Waals surface area (Å²) in [5.74, 6) is 0.205. The summed E-state index contributed by atoms with van der Waals surface area (Å²) in [6.07, 6.45) is 2.12. The number of methoxy groups -OCH3 is 1. The molecule has 1 aromatic carbocycles. The lowest BCUT2D eigenvalue weighted by Gasteiger charge is -2.30. The molecule has 23 heavy (non-hydrogen) atoms. The number of anilines is 1. The van der Waals surface area contributed by atoms with Crippen LogP contribution in [0.1, 0.15) is 32.8 Å². The maximum Gasteiger partial charge on any atom is 0.228 e.